The molecular weight excluding hydrogens is 402 g/mol. The van der Waals surface area contributed by atoms with Crippen LogP contribution in [0.15, 0.2) is 64.0 Å². The Morgan fingerprint density at radius 1 is 1.08 bits per heavy atom. The predicted octanol–water partition coefficient (Wildman–Crippen LogP) is 4.11. The van der Waals surface area contributed by atoms with Crippen molar-refractivity contribution in [3.8, 4) is 0 Å². The van der Waals surface area contributed by atoms with E-state index in [1.54, 1.807) is 30.3 Å². The predicted molar refractivity (Wildman–Crippen MR) is 102 cm³/mol. The number of hydrogen-bond acceptors (Lipinski definition) is 3. The summed E-state index contributed by atoms with van der Waals surface area (Å²) in [5.74, 6) is 0. The summed E-state index contributed by atoms with van der Waals surface area (Å²) < 4.78 is 30.4. The van der Waals surface area contributed by atoms with Crippen LogP contribution < -0.4 is 4.72 Å². The molecular formula is C18H18BrN3O2S. The number of rotatable bonds is 5. The van der Waals surface area contributed by atoms with Gasteiger partial charge in [0.1, 0.15) is 0 Å². The van der Waals surface area contributed by atoms with Crippen molar-refractivity contribution in [1.82, 2.24) is 9.78 Å². The third kappa shape index (κ3) is 4.29. The monoisotopic (exact) mass is 419 g/mol. The van der Waals surface area contributed by atoms with Crippen LogP contribution in [0.4, 0.5) is 5.69 Å². The molecule has 3 aromatic rings. The summed E-state index contributed by atoms with van der Waals surface area (Å²) in [5.41, 5.74) is 3.53. The number of aromatic nitrogens is 2. The molecule has 0 aliphatic carbocycles. The average Bonchev–Trinajstić information content (AvgIpc) is 2.85. The Kier molecular flexibility index (Phi) is 4.96. The number of benzene rings is 2. The molecule has 1 heterocycles. The largest absolute Gasteiger partial charge is 0.280 e. The van der Waals surface area contributed by atoms with Gasteiger partial charge in [0.2, 0.25) is 0 Å². The van der Waals surface area contributed by atoms with Gasteiger partial charge in [0, 0.05) is 15.9 Å². The zero-order valence-electron chi connectivity index (χ0n) is 13.9. The molecule has 0 spiro atoms. The first kappa shape index (κ1) is 17.7. The van der Waals surface area contributed by atoms with E-state index in [0.29, 0.717) is 12.2 Å². The van der Waals surface area contributed by atoms with Crippen molar-refractivity contribution in [3.63, 3.8) is 0 Å². The maximum atomic E-state index is 12.5. The Balaban J connectivity index is 1.81. The minimum atomic E-state index is -3.62. The Labute approximate surface area is 155 Å². The maximum absolute atomic E-state index is 12.5. The third-order valence-corrected chi connectivity index (χ3v) is 5.66. The van der Waals surface area contributed by atoms with Crippen molar-refractivity contribution >= 4 is 31.6 Å². The van der Waals surface area contributed by atoms with Crippen LogP contribution in [0.2, 0.25) is 0 Å². The standard InChI is InChI=1S/C18H18BrN3O2S/c1-13-10-14(2)22(20-13)12-15-4-3-5-17(11-15)21-25(23,24)18-8-6-16(19)7-9-18/h3-11,21H,12H2,1-2H3. The van der Waals surface area contributed by atoms with Gasteiger partial charge in [-0.25, -0.2) is 8.42 Å². The van der Waals surface area contributed by atoms with Crippen LogP contribution in [-0.2, 0) is 16.6 Å². The van der Waals surface area contributed by atoms with Gasteiger partial charge >= 0.3 is 0 Å². The molecule has 25 heavy (non-hydrogen) atoms. The van der Waals surface area contributed by atoms with Crippen LogP contribution in [0.3, 0.4) is 0 Å². The van der Waals surface area contributed by atoms with Gasteiger partial charge in [-0.2, -0.15) is 5.10 Å². The van der Waals surface area contributed by atoms with Crippen LogP contribution >= 0.6 is 15.9 Å². The summed E-state index contributed by atoms with van der Waals surface area (Å²) in [4.78, 5) is 0.222. The van der Waals surface area contributed by atoms with Crippen molar-refractivity contribution in [2.75, 3.05) is 4.72 Å². The van der Waals surface area contributed by atoms with Crippen molar-refractivity contribution in [3.05, 3.63) is 76.0 Å². The Morgan fingerprint density at radius 3 is 2.44 bits per heavy atom. The second-order valence-corrected chi connectivity index (χ2v) is 8.44. The minimum absolute atomic E-state index is 0.222. The zero-order valence-corrected chi connectivity index (χ0v) is 16.3. The van der Waals surface area contributed by atoms with Crippen molar-refractivity contribution in [1.29, 1.82) is 0 Å². The van der Waals surface area contributed by atoms with Crippen molar-refractivity contribution in [2.24, 2.45) is 0 Å². The van der Waals surface area contributed by atoms with E-state index in [-0.39, 0.29) is 4.90 Å². The lowest BCUT2D eigenvalue weighted by atomic mass is 10.2. The highest BCUT2D eigenvalue weighted by atomic mass is 79.9. The van der Waals surface area contributed by atoms with E-state index in [1.807, 2.05) is 42.8 Å². The SMILES string of the molecule is Cc1cc(C)n(Cc2cccc(NS(=O)(=O)c3ccc(Br)cc3)c2)n1. The lowest BCUT2D eigenvalue weighted by Crippen LogP contribution is -2.13. The summed E-state index contributed by atoms with van der Waals surface area (Å²) in [5, 5.41) is 4.44. The fraction of sp³-hybridized carbons (Fsp3) is 0.167. The van der Waals surface area contributed by atoms with Gasteiger partial charge in [-0.05, 0) is 61.9 Å². The Hall–Kier alpha value is -2.12. The number of aryl methyl sites for hydroxylation is 2. The molecule has 0 aliphatic heterocycles. The fourth-order valence-corrected chi connectivity index (χ4v) is 3.88. The highest BCUT2D eigenvalue weighted by Crippen LogP contribution is 2.20. The Bertz CT molecular complexity index is 995. The van der Waals surface area contributed by atoms with Crippen LogP contribution in [-0.4, -0.2) is 18.2 Å². The molecule has 0 aliphatic rings. The number of halogens is 1. The molecule has 0 unspecified atom stereocenters. The zero-order chi connectivity index (χ0) is 18.0. The first-order chi connectivity index (χ1) is 11.8. The molecule has 3 rings (SSSR count). The van der Waals surface area contributed by atoms with Gasteiger partial charge < -0.3 is 0 Å². The lowest BCUT2D eigenvalue weighted by Gasteiger charge is -2.10. The fourth-order valence-electron chi connectivity index (χ4n) is 2.57. The summed E-state index contributed by atoms with van der Waals surface area (Å²) in [7, 11) is -3.62. The molecule has 5 nitrogen and oxygen atoms in total. The van der Waals surface area contributed by atoms with E-state index in [2.05, 4.69) is 25.8 Å². The van der Waals surface area contributed by atoms with Crippen LogP contribution in [0.5, 0.6) is 0 Å². The van der Waals surface area contributed by atoms with Crippen molar-refractivity contribution < 1.29 is 8.42 Å². The normalized spacial score (nSPS) is 11.5. The number of hydrogen-bond donors (Lipinski definition) is 1. The van der Waals surface area contributed by atoms with Crippen LogP contribution in [0, 0.1) is 13.8 Å². The van der Waals surface area contributed by atoms with Gasteiger partial charge in [0.15, 0.2) is 0 Å². The van der Waals surface area contributed by atoms with Gasteiger partial charge in [-0.3, -0.25) is 9.40 Å². The number of nitrogens with one attached hydrogen (secondary N) is 1. The van der Waals surface area contributed by atoms with Gasteiger partial charge in [0.05, 0.1) is 17.1 Å². The first-order valence-electron chi connectivity index (χ1n) is 7.72. The molecule has 0 amide bonds. The molecule has 1 N–H and O–H groups in total. The molecule has 0 bridgehead atoms. The molecule has 1 aromatic heterocycles. The number of anilines is 1. The Morgan fingerprint density at radius 2 is 1.80 bits per heavy atom. The molecule has 0 radical (unpaired) electrons. The smallest absolute Gasteiger partial charge is 0.261 e. The molecule has 2 aromatic carbocycles. The second-order valence-electron chi connectivity index (χ2n) is 5.84. The first-order valence-corrected chi connectivity index (χ1v) is 9.99. The molecule has 130 valence electrons. The van der Waals surface area contributed by atoms with E-state index < -0.39 is 10.0 Å². The highest BCUT2D eigenvalue weighted by molar-refractivity contribution is 9.10. The van der Waals surface area contributed by atoms with E-state index in [9.17, 15) is 8.42 Å². The number of nitrogens with zero attached hydrogens (tertiary/aromatic N) is 2. The van der Waals surface area contributed by atoms with Crippen LogP contribution in [0.25, 0.3) is 0 Å². The average molecular weight is 420 g/mol. The van der Waals surface area contributed by atoms with Gasteiger partial charge in [-0.15, -0.1) is 0 Å². The van der Waals surface area contributed by atoms with E-state index in [0.717, 1.165) is 21.4 Å². The summed E-state index contributed by atoms with van der Waals surface area (Å²) in [6, 6.07) is 15.9. The van der Waals surface area contributed by atoms with E-state index in [4.69, 9.17) is 0 Å². The molecule has 0 saturated heterocycles. The van der Waals surface area contributed by atoms with Gasteiger partial charge in [-0.1, -0.05) is 28.1 Å². The molecule has 0 fully saturated rings. The maximum Gasteiger partial charge on any atom is 0.261 e. The van der Waals surface area contributed by atoms with Gasteiger partial charge in [0.25, 0.3) is 10.0 Å². The highest BCUT2D eigenvalue weighted by Gasteiger charge is 2.14. The summed E-state index contributed by atoms with van der Waals surface area (Å²) >= 11 is 3.30. The quantitative estimate of drug-likeness (QED) is 0.676. The number of sulfonamides is 1. The molecule has 7 heteroatoms. The third-order valence-electron chi connectivity index (χ3n) is 3.74. The lowest BCUT2D eigenvalue weighted by molar-refractivity contribution is 0.601. The molecule has 0 saturated carbocycles. The summed E-state index contributed by atoms with van der Waals surface area (Å²) in [6.45, 7) is 4.54. The summed E-state index contributed by atoms with van der Waals surface area (Å²) in [6.07, 6.45) is 0. The topological polar surface area (TPSA) is 64.0 Å². The van der Waals surface area contributed by atoms with E-state index in [1.165, 1.54) is 0 Å². The van der Waals surface area contributed by atoms with E-state index >= 15 is 0 Å². The second kappa shape index (κ2) is 7.01. The minimum Gasteiger partial charge on any atom is -0.280 e. The molecule has 0 atom stereocenters. The van der Waals surface area contributed by atoms with Crippen LogP contribution in [0.1, 0.15) is 17.0 Å². The van der Waals surface area contributed by atoms with Crippen molar-refractivity contribution in [2.45, 2.75) is 25.3 Å².